The molecule has 0 saturated heterocycles. The van der Waals surface area contributed by atoms with Crippen molar-refractivity contribution in [3.8, 4) is 0 Å². The van der Waals surface area contributed by atoms with Gasteiger partial charge in [0.25, 0.3) is 0 Å². The average Bonchev–Trinajstić information content (AvgIpc) is 3.27. The molecule has 1 fully saturated rings. The third-order valence-electron chi connectivity index (χ3n) is 9.18. The zero-order valence-electron chi connectivity index (χ0n) is 19.3. The lowest BCUT2D eigenvalue weighted by atomic mass is 9.54. The maximum absolute atomic E-state index is 12.2. The summed E-state index contributed by atoms with van der Waals surface area (Å²) in [6.07, 6.45) is 12.1. The molecule has 2 N–H and O–H groups in total. The van der Waals surface area contributed by atoms with Crippen LogP contribution < -0.4 is 0 Å². The van der Waals surface area contributed by atoms with Gasteiger partial charge in [0.15, 0.2) is 11.5 Å². The molecular formula is C28H33NO3. The highest BCUT2D eigenvalue weighted by Crippen LogP contribution is 2.63. The minimum absolute atomic E-state index is 0.144. The first kappa shape index (κ1) is 20.4. The van der Waals surface area contributed by atoms with Crippen molar-refractivity contribution in [3.05, 3.63) is 59.0 Å². The Morgan fingerprint density at radius 3 is 2.88 bits per heavy atom. The van der Waals surface area contributed by atoms with E-state index in [1.807, 2.05) is 13.0 Å². The van der Waals surface area contributed by atoms with Crippen molar-refractivity contribution < 1.29 is 14.6 Å². The third kappa shape index (κ3) is 2.78. The lowest BCUT2D eigenvalue weighted by molar-refractivity contribution is -0.0455. The standard InChI is InChI=1S/C28H33NO3/c1-16-12-21-13-20-14-22(30)6-4-18(20)10-11-28(21,31)26-9-7-23(27(16,26)3)19-5-8-24-25(15-19)32-17(2)29-24/h5,7-8,12-13,15-16,18,22,26,30-31H,4,6,9-11,14H2,1-3H3/t16?,18?,22?,26?,27?,28-/m1/s1. The van der Waals surface area contributed by atoms with Crippen LogP contribution >= 0.6 is 0 Å². The summed E-state index contributed by atoms with van der Waals surface area (Å²) < 4.78 is 5.82. The fraction of sp³-hybridized carbons (Fsp3) is 0.536. The van der Waals surface area contributed by atoms with Crippen LogP contribution in [0, 0.1) is 30.1 Å². The van der Waals surface area contributed by atoms with Gasteiger partial charge in [0, 0.05) is 18.3 Å². The molecular weight excluding hydrogens is 398 g/mol. The van der Waals surface area contributed by atoms with Crippen molar-refractivity contribution in [2.24, 2.45) is 23.2 Å². The van der Waals surface area contributed by atoms with Crippen LogP contribution in [0.1, 0.15) is 63.8 Å². The van der Waals surface area contributed by atoms with E-state index in [0.717, 1.165) is 55.2 Å². The van der Waals surface area contributed by atoms with E-state index in [9.17, 15) is 10.2 Å². The van der Waals surface area contributed by atoms with Crippen LogP contribution in [0.5, 0.6) is 0 Å². The minimum Gasteiger partial charge on any atom is -0.441 e. The number of rotatable bonds is 1. The number of aromatic nitrogens is 1. The smallest absolute Gasteiger partial charge is 0.192 e. The summed E-state index contributed by atoms with van der Waals surface area (Å²) in [5.74, 6) is 1.63. The van der Waals surface area contributed by atoms with E-state index in [0.29, 0.717) is 17.7 Å². The summed E-state index contributed by atoms with van der Waals surface area (Å²) >= 11 is 0. The number of oxazole rings is 1. The van der Waals surface area contributed by atoms with Crippen molar-refractivity contribution in [3.63, 3.8) is 0 Å². The number of hydrogen-bond donors (Lipinski definition) is 2. The third-order valence-corrected chi connectivity index (χ3v) is 9.18. The Kier molecular flexibility index (Phi) is 4.42. The summed E-state index contributed by atoms with van der Waals surface area (Å²) in [4.78, 5) is 4.45. The number of aryl methyl sites for hydroxylation is 1. The highest BCUT2D eigenvalue weighted by Gasteiger charge is 2.58. The molecule has 2 aromatic rings. The van der Waals surface area contributed by atoms with Crippen LogP contribution in [-0.4, -0.2) is 26.9 Å². The molecule has 1 aromatic heterocycles. The normalized spacial score (nSPS) is 38.8. The Labute approximate surface area is 189 Å². The number of hydrogen-bond acceptors (Lipinski definition) is 4. The predicted octanol–water partition coefficient (Wildman–Crippen LogP) is 5.73. The Hall–Kier alpha value is -2.17. The monoisotopic (exact) mass is 431 g/mol. The summed E-state index contributed by atoms with van der Waals surface area (Å²) in [7, 11) is 0. The van der Waals surface area contributed by atoms with Gasteiger partial charge in [0.1, 0.15) is 5.52 Å². The Bertz CT molecular complexity index is 1190. The van der Waals surface area contributed by atoms with Gasteiger partial charge in [-0.05, 0) is 79.2 Å². The molecule has 0 bridgehead atoms. The molecule has 0 spiro atoms. The average molecular weight is 432 g/mol. The van der Waals surface area contributed by atoms with Crippen molar-refractivity contribution in [2.75, 3.05) is 0 Å². The molecule has 0 radical (unpaired) electrons. The Balaban J connectivity index is 1.42. The first-order valence-electron chi connectivity index (χ1n) is 12.2. The summed E-state index contributed by atoms with van der Waals surface area (Å²) in [6.45, 7) is 6.53. The molecule has 4 nitrogen and oxygen atoms in total. The molecule has 1 aromatic carbocycles. The second-order valence-electron chi connectivity index (χ2n) is 10.8. The van der Waals surface area contributed by atoms with Crippen molar-refractivity contribution in [1.29, 1.82) is 0 Å². The number of benzene rings is 1. The second-order valence-corrected chi connectivity index (χ2v) is 10.8. The molecule has 6 rings (SSSR count). The molecule has 0 aliphatic heterocycles. The topological polar surface area (TPSA) is 66.5 Å². The molecule has 4 aliphatic carbocycles. The van der Waals surface area contributed by atoms with Crippen LogP contribution in [0.3, 0.4) is 0 Å². The van der Waals surface area contributed by atoms with Crippen LogP contribution in [-0.2, 0) is 0 Å². The van der Waals surface area contributed by atoms with Crippen LogP contribution in [0.15, 0.2) is 52.0 Å². The molecule has 4 aliphatic rings. The number of allylic oxidation sites excluding steroid dienone is 3. The van der Waals surface area contributed by atoms with E-state index in [1.54, 1.807) is 0 Å². The lowest BCUT2D eigenvalue weighted by Gasteiger charge is -2.51. The van der Waals surface area contributed by atoms with Gasteiger partial charge in [0.2, 0.25) is 0 Å². The molecule has 1 heterocycles. The van der Waals surface area contributed by atoms with Gasteiger partial charge in [-0.25, -0.2) is 4.98 Å². The van der Waals surface area contributed by atoms with E-state index in [1.165, 1.54) is 16.7 Å². The predicted molar refractivity (Wildman–Crippen MR) is 126 cm³/mol. The number of nitrogens with zero attached hydrogens (tertiary/aromatic N) is 1. The summed E-state index contributed by atoms with van der Waals surface area (Å²) in [6, 6.07) is 6.33. The minimum atomic E-state index is -0.818. The molecule has 6 atom stereocenters. The molecule has 4 heteroatoms. The van der Waals surface area contributed by atoms with Gasteiger partial charge in [-0.15, -0.1) is 0 Å². The molecule has 0 amide bonds. The first-order chi connectivity index (χ1) is 15.3. The zero-order valence-corrected chi connectivity index (χ0v) is 19.3. The lowest BCUT2D eigenvalue weighted by Crippen LogP contribution is -2.51. The fourth-order valence-corrected chi connectivity index (χ4v) is 7.28. The van der Waals surface area contributed by atoms with Crippen molar-refractivity contribution >= 4 is 16.7 Å². The molecule has 32 heavy (non-hydrogen) atoms. The van der Waals surface area contributed by atoms with E-state index in [-0.39, 0.29) is 17.4 Å². The molecule has 1 saturated carbocycles. The number of aliphatic hydroxyl groups excluding tert-OH is 1. The largest absolute Gasteiger partial charge is 0.441 e. The van der Waals surface area contributed by atoms with E-state index < -0.39 is 5.60 Å². The quantitative estimate of drug-likeness (QED) is 0.605. The fourth-order valence-electron chi connectivity index (χ4n) is 7.28. The van der Waals surface area contributed by atoms with Gasteiger partial charge in [-0.2, -0.15) is 0 Å². The highest BCUT2D eigenvalue weighted by molar-refractivity contribution is 5.82. The summed E-state index contributed by atoms with van der Waals surface area (Å²) in [5.41, 5.74) is 5.69. The van der Waals surface area contributed by atoms with Gasteiger partial charge in [-0.1, -0.05) is 43.7 Å². The van der Waals surface area contributed by atoms with Gasteiger partial charge < -0.3 is 14.6 Å². The SMILES string of the molecule is Cc1nc2ccc(C3=CCC4C3(C)C(C)C=C3C=C5CC(O)CCC5CC[C@@]34O)cc2o1. The highest BCUT2D eigenvalue weighted by atomic mass is 16.3. The zero-order chi connectivity index (χ0) is 22.3. The van der Waals surface area contributed by atoms with Gasteiger partial charge in [0.05, 0.1) is 11.7 Å². The van der Waals surface area contributed by atoms with Crippen molar-refractivity contribution in [2.45, 2.75) is 71.0 Å². The molecule has 5 unspecified atom stereocenters. The maximum Gasteiger partial charge on any atom is 0.192 e. The van der Waals surface area contributed by atoms with Gasteiger partial charge in [-0.3, -0.25) is 0 Å². The summed E-state index contributed by atoms with van der Waals surface area (Å²) in [5, 5.41) is 22.5. The Morgan fingerprint density at radius 2 is 2.03 bits per heavy atom. The van der Waals surface area contributed by atoms with E-state index in [4.69, 9.17) is 4.42 Å². The van der Waals surface area contributed by atoms with Crippen LogP contribution in [0.2, 0.25) is 0 Å². The van der Waals surface area contributed by atoms with Crippen LogP contribution in [0.25, 0.3) is 16.7 Å². The van der Waals surface area contributed by atoms with E-state index >= 15 is 0 Å². The van der Waals surface area contributed by atoms with E-state index in [2.05, 4.69) is 49.2 Å². The first-order valence-corrected chi connectivity index (χ1v) is 12.2. The van der Waals surface area contributed by atoms with Crippen LogP contribution in [0.4, 0.5) is 0 Å². The molecule has 168 valence electrons. The van der Waals surface area contributed by atoms with Gasteiger partial charge >= 0.3 is 0 Å². The number of fused-ring (bicyclic) bond motifs is 5. The van der Waals surface area contributed by atoms with Crippen molar-refractivity contribution in [1.82, 2.24) is 4.98 Å². The maximum atomic E-state index is 12.2. The Morgan fingerprint density at radius 1 is 1.19 bits per heavy atom. The second kappa shape index (κ2) is 6.91. The number of aliphatic hydroxyl groups is 2.